The third kappa shape index (κ3) is 3.27. The molecule has 0 amide bonds. The monoisotopic (exact) mass is 358 g/mol. The van der Waals surface area contributed by atoms with Crippen LogP contribution in [0.15, 0.2) is 67.0 Å². The number of pyridine rings is 1. The van der Waals surface area contributed by atoms with Gasteiger partial charge < -0.3 is 14.8 Å². The molecule has 0 radical (unpaired) electrons. The van der Waals surface area contributed by atoms with Crippen LogP contribution in [0.3, 0.4) is 0 Å². The minimum Gasteiger partial charge on any atom is -0.497 e. The summed E-state index contributed by atoms with van der Waals surface area (Å²) in [5.74, 6) is -0.145. The highest BCUT2D eigenvalue weighted by Crippen LogP contribution is 2.33. The van der Waals surface area contributed by atoms with E-state index in [2.05, 4.69) is 9.97 Å². The molecule has 2 N–H and O–H groups in total. The Bertz CT molecular complexity index is 1120. The number of carbonyl (C=O) groups is 1. The van der Waals surface area contributed by atoms with E-state index in [1.807, 2.05) is 42.6 Å². The fourth-order valence-electron chi connectivity index (χ4n) is 3.32. The summed E-state index contributed by atoms with van der Waals surface area (Å²) in [6.45, 7) is 0. The molecular weight excluding hydrogens is 340 g/mol. The molecular formula is C22H18N2O3. The molecule has 5 heteroatoms. The average Bonchev–Trinajstić information content (AvgIpc) is 3.06. The zero-order valence-electron chi connectivity index (χ0n) is 14.8. The predicted octanol–water partition coefficient (Wildman–Crippen LogP) is 4.53. The Morgan fingerprint density at radius 2 is 2.04 bits per heavy atom. The van der Waals surface area contributed by atoms with E-state index in [1.54, 1.807) is 31.5 Å². The minimum absolute atomic E-state index is 0.289. The van der Waals surface area contributed by atoms with Crippen molar-refractivity contribution in [1.82, 2.24) is 9.97 Å². The highest BCUT2D eigenvalue weighted by atomic mass is 16.5. The van der Waals surface area contributed by atoms with Crippen LogP contribution < -0.4 is 4.74 Å². The van der Waals surface area contributed by atoms with Crippen molar-refractivity contribution in [3.05, 3.63) is 83.7 Å². The molecule has 27 heavy (non-hydrogen) atoms. The van der Waals surface area contributed by atoms with Gasteiger partial charge >= 0.3 is 5.97 Å². The first-order valence-corrected chi connectivity index (χ1v) is 8.57. The number of benzene rings is 2. The lowest BCUT2D eigenvalue weighted by molar-refractivity contribution is 0.0696. The van der Waals surface area contributed by atoms with Gasteiger partial charge in [-0.3, -0.25) is 4.98 Å². The van der Waals surface area contributed by atoms with Gasteiger partial charge in [0.15, 0.2) is 0 Å². The van der Waals surface area contributed by atoms with Crippen molar-refractivity contribution in [1.29, 1.82) is 0 Å². The van der Waals surface area contributed by atoms with Crippen molar-refractivity contribution in [2.45, 2.75) is 6.42 Å². The lowest BCUT2D eigenvalue weighted by Gasteiger charge is -2.07. The number of rotatable bonds is 5. The van der Waals surface area contributed by atoms with Crippen molar-refractivity contribution in [2.24, 2.45) is 0 Å². The molecule has 0 fully saturated rings. The first-order chi connectivity index (χ1) is 13.2. The number of carboxylic acid groups (broad SMARTS) is 1. The van der Waals surface area contributed by atoms with E-state index in [0.717, 1.165) is 39.0 Å². The molecule has 0 aliphatic heterocycles. The van der Waals surface area contributed by atoms with Gasteiger partial charge in [-0.2, -0.15) is 0 Å². The fraction of sp³-hybridized carbons (Fsp3) is 0.0909. The van der Waals surface area contributed by atoms with Gasteiger partial charge in [0.1, 0.15) is 5.75 Å². The van der Waals surface area contributed by atoms with Gasteiger partial charge in [-0.05, 0) is 47.5 Å². The van der Waals surface area contributed by atoms with Gasteiger partial charge in [0.05, 0.1) is 18.4 Å². The van der Waals surface area contributed by atoms with Crippen molar-refractivity contribution in [3.8, 4) is 17.0 Å². The average molecular weight is 358 g/mol. The van der Waals surface area contributed by atoms with Crippen molar-refractivity contribution < 1.29 is 14.6 Å². The van der Waals surface area contributed by atoms with Crippen LogP contribution in [0.25, 0.3) is 22.2 Å². The van der Waals surface area contributed by atoms with Crippen LogP contribution in [0.4, 0.5) is 0 Å². The molecule has 0 saturated heterocycles. The van der Waals surface area contributed by atoms with Crippen molar-refractivity contribution in [2.75, 3.05) is 7.11 Å². The first kappa shape index (κ1) is 16.8. The third-order valence-electron chi connectivity index (χ3n) is 4.62. The molecule has 134 valence electrons. The fourth-order valence-corrected chi connectivity index (χ4v) is 3.32. The summed E-state index contributed by atoms with van der Waals surface area (Å²) < 4.78 is 5.34. The largest absolute Gasteiger partial charge is 0.497 e. The molecule has 4 rings (SSSR count). The summed E-state index contributed by atoms with van der Waals surface area (Å²) in [4.78, 5) is 19.0. The van der Waals surface area contributed by atoms with Crippen LogP contribution in [-0.4, -0.2) is 28.2 Å². The van der Waals surface area contributed by atoms with Crippen LogP contribution >= 0.6 is 0 Å². The zero-order valence-corrected chi connectivity index (χ0v) is 14.8. The van der Waals surface area contributed by atoms with Crippen molar-refractivity contribution in [3.63, 3.8) is 0 Å². The van der Waals surface area contributed by atoms with E-state index in [4.69, 9.17) is 4.74 Å². The smallest absolute Gasteiger partial charge is 0.335 e. The van der Waals surface area contributed by atoms with Crippen LogP contribution in [0.5, 0.6) is 5.75 Å². The Kier molecular flexibility index (Phi) is 4.34. The Morgan fingerprint density at radius 1 is 1.15 bits per heavy atom. The number of hydrogen-bond donors (Lipinski definition) is 2. The molecule has 0 bridgehead atoms. The van der Waals surface area contributed by atoms with Gasteiger partial charge in [0.25, 0.3) is 0 Å². The summed E-state index contributed by atoms with van der Waals surface area (Å²) in [5, 5.41) is 10.3. The molecule has 4 aromatic rings. The van der Waals surface area contributed by atoms with E-state index >= 15 is 0 Å². The van der Waals surface area contributed by atoms with Crippen LogP contribution in [0, 0.1) is 0 Å². The number of methoxy groups -OCH3 is 1. The predicted molar refractivity (Wildman–Crippen MR) is 104 cm³/mol. The number of aromatic amines is 1. The van der Waals surface area contributed by atoms with Gasteiger partial charge in [-0.15, -0.1) is 0 Å². The quantitative estimate of drug-likeness (QED) is 0.550. The number of ether oxygens (including phenoxy) is 1. The minimum atomic E-state index is -0.923. The second-order valence-electron chi connectivity index (χ2n) is 6.31. The second kappa shape index (κ2) is 6.96. The highest BCUT2D eigenvalue weighted by Gasteiger charge is 2.15. The first-order valence-electron chi connectivity index (χ1n) is 8.57. The van der Waals surface area contributed by atoms with Crippen LogP contribution in [-0.2, 0) is 6.42 Å². The van der Waals surface area contributed by atoms with E-state index < -0.39 is 5.97 Å². The van der Waals surface area contributed by atoms with Crippen molar-refractivity contribution >= 4 is 16.9 Å². The standard InChI is InChI=1S/C22H18N2O3/c1-27-17-7-8-18-19(11-14-4-2-5-15(10-14)22(25)26)21(24-20(18)12-17)16-6-3-9-23-13-16/h2-10,12-13,24H,11H2,1H3,(H,25,26). The highest BCUT2D eigenvalue weighted by molar-refractivity contribution is 5.92. The maximum absolute atomic E-state index is 11.3. The molecule has 0 saturated carbocycles. The lowest BCUT2D eigenvalue weighted by atomic mass is 9.98. The zero-order chi connectivity index (χ0) is 18.8. The second-order valence-corrected chi connectivity index (χ2v) is 6.31. The number of aromatic carboxylic acids is 1. The molecule has 0 atom stereocenters. The summed E-state index contributed by atoms with van der Waals surface area (Å²) in [6.07, 6.45) is 4.17. The SMILES string of the molecule is COc1ccc2c(Cc3cccc(C(=O)O)c3)c(-c3cccnc3)[nH]c2c1. The number of fused-ring (bicyclic) bond motifs is 1. The molecule has 2 aromatic heterocycles. The maximum atomic E-state index is 11.3. The lowest BCUT2D eigenvalue weighted by Crippen LogP contribution is -1.98. The number of carboxylic acids is 1. The van der Waals surface area contributed by atoms with E-state index in [-0.39, 0.29) is 5.56 Å². The third-order valence-corrected chi connectivity index (χ3v) is 4.62. The molecule has 0 spiro atoms. The summed E-state index contributed by atoms with van der Waals surface area (Å²) >= 11 is 0. The number of hydrogen-bond acceptors (Lipinski definition) is 3. The van der Waals surface area contributed by atoms with Crippen LogP contribution in [0.1, 0.15) is 21.5 Å². The number of aromatic nitrogens is 2. The van der Waals surface area contributed by atoms with Gasteiger partial charge in [0.2, 0.25) is 0 Å². The van der Waals surface area contributed by atoms with Gasteiger partial charge in [0, 0.05) is 41.3 Å². The topological polar surface area (TPSA) is 75.2 Å². The number of nitrogens with zero attached hydrogens (tertiary/aromatic N) is 1. The Hall–Kier alpha value is -3.60. The van der Waals surface area contributed by atoms with Gasteiger partial charge in [-0.1, -0.05) is 12.1 Å². The summed E-state index contributed by atoms with van der Waals surface area (Å²) in [6, 6.07) is 16.9. The molecule has 0 aliphatic rings. The van der Waals surface area contributed by atoms with E-state index in [1.165, 1.54) is 0 Å². The maximum Gasteiger partial charge on any atom is 0.335 e. The summed E-state index contributed by atoms with van der Waals surface area (Å²) in [5.41, 5.74) is 5.26. The summed E-state index contributed by atoms with van der Waals surface area (Å²) in [7, 11) is 1.64. The Labute approximate surface area is 156 Å². The van der Waals surface area contributed by atoms with E-state index in [0.29, 0.717) is 6.42 Å². The Morgan fingerprint density at radius 3 is 2.78 bits per heavy atom. The molecule has 5 nitrogen and oxygen atoms in total. The number of H-pyrrole nitrogens is 1. The molecule has 0 aliphatic carbocycles. The normalized spacial score (nSPS) is 10.9. The number of nitrogens with one attached hydrogen (secondary N) is 1. The molecule has 2 aromatic carbocycles. The molecule has 2 heterocycles. The van der Waals surface area contributed by atoms with Gasteiger partial charge in [-0.25, -0.2) is 4.79 Å². The van der Waals surface area contributed by atoms with E-state index in [9.17, 15) is 9.90 Å². The molecule has 0 unspecified atom stereocenters. The van der Waals surface area contributed by atoms with Crippen LogP contribution in [0.2, 0.25) is 0 Å². The Balaban J connectivity index is 1.87.